The van der Waals surface area contributed by atoms with Crippen LogP contribution in [0.15, 0.2) is 12.1 Å². The van der Waals surface area contributed by atoms with Crippen molar-refractivity contribution in [2.75, 3.05) is 13.1 Å². The van der Waals surface area contributed by atoms with Gasteiger partial charge in [-0.3, -0.25) is 4.79 Å². The molecule has 0 spiro atoms. The Balaban J connectivity index is 1.90. The van der Waals surface area contributed by atoms with Crippen molar-refractivity contribution in [1.29, 1.82) is 0 Å². The molecule has 2 heterocycles. The van der Waals surface area contributed by atoms with E-state index in [4.69, 9.17) is 0 Å². The van der Waals surface area contributed by atoms with Crippen LogP contribution in [0.4, 0.5) is 0 Å². The van der Waals surface area contributed by atoms with Gasteiger partial charge in [-0.2, -0.15) is 0 Å². The van der Waals surface area contributed by atoms with E-state index in [9.17, 15) is 4.79 Å². The van der Waals surface area contributed by atoms with E-state index < -0.39 is 0 Å². The molecule has 0 aromatic carbocycles. The molecule has 2 rings (SSSR count). The lowest BCUT2D eigenvalue weighted by molar-refractivity contribution is -0.122. The number of nitrogens with one attached hydrogen (secondary N) is 1. The molecule has 0 amide bonds. The van der Waals surface area contributed by atoms with Gasteiger partial charge in [-0.05, 0) is 37.9 Å². The first-order valence-electron chi connectivity index (χ1n) is 6.10. The Morgan fingerprint density at radius 3 is 2.94 bits per heavy atom. The third-order valence-corrected chi connectivity index (χ3v) is 4.40. The molecule has 0 bridgehead atoms. The van der Waals surface area contributed by atoms with Crippen LogP contribution in [-0.2, 0) is 17.6 Å². The molecule has 16 heavy (non-hydrogen) atoms. The van der Waals surface area contributed by atoms with Gasteiger partial charge in [0.2, 0.25) is 0 Å². The highest BCUT2D eigenvalue weighted by Crippen LogP contribution is 2.20. The van der Waals surface area contributed by atoms with Crippen molar-refractivity contribution >= 4 is 17.1 Å². The van der Waals surface area contributed by atoms with Crippen molar-refractivity contribution in [1.82, 2.24) is 5.32 Å². The Morgan fingerprint density at radius 2 is 2.31 bits per heavy atom. The number of rotatable bonds is 4. The summed E-state index contributed by atoms with van der Waals surface area (Å²) in [6.07, 6.45) is 3.92. The Kier molecular flexibility index (Phi) is 4.13. The minimum atomic E-state index is 0.251. The fraction of sp³-hybridized carbons (Fsp3) is 0.615. The van der Waals surface area contributed by atoms with E-state index in [1.165, 1.54) is 9.75 Å². The number of hydrogen-bond acceptors (Lipinski definition) is 3. The SMILES string of the molecule is CCc1ccc(CC(=O)C2CCCNC2)s1. The summed E-state index contributed by atoms with van der Waals surface area (Å²) in [5, 5.41) is 3.30. The van der Waals surface area contributed by atoms with Gasteiger partial charge in [-0.15, -0.1) is 11.3 Å². The molecule has 1 unspecified atom stereocenters. The van der Waals surface area contributed by atoms with Crippen LogP contribution in [0.1, 0.15) is 29.5 Å². The monoisotopic (exact) mass is 237 g/mol. The van der Waals surface area contributed by atoms with Crippen LogP contribution in [0.2, 0.25) is 0 Å². The summed E-state index contributed by atoms with van der Waals surface area (Å²) in [5.74, 6) is 0.664. The quantitative estimate of drug-likeness (QED) is 0.871. The molecular formula is C13H19NOS. The molecule has 1 aromatic rings. The first kappa shape index (κ1) is 11.8. The van der Waals surface area contributed by atoms with Gasteiger partial charge in [0.15, 0.2) is 0 Å². The normalized spacial score (nSPS) is 20.9. The second kappa shape index (κ2) is 5.60. The predicted molar refractivity (Wildman–Crippen MR) is 68.0 cm³/mol. The van der Waals surface area contributed by atoms with Gasteiger partial charge in [-0.1, -0.05) is 6.92 Å². The van der Waals surface area contributed by atoms with Gasteiger partial charge in [0, 0.05) is 28.6 Å². The first-order valence-corrected chi connectivity index (χ1v) is 6.92. The zero-order valence-corrected chi connectivity index (χ0v) is 10.6. The topological polar surface area (TPSA) is 29.1 Å². The molecule has 1 atom stereocenters. The van der Waals surface area contributed by atoms with Crippen molar-refractivity contribution < 1.29 is 4.79 Å². The number of carbonyl (C=O) groups excluding carboxylic acids is 1. The molecule has 1 N–H and O–H groups in total. The highest BCUT2D eigenvalue weighted by molar-refractivity contribution is 7.12. The van der Waals surface area contributed by atoms with Gasteiger partial charge in [-0.25, -0.2) is 0 Å². The number of thiophene rings is 1. The van der Waals surface area contributed by atoms with Crippen molar-refractivity contribution in [2.24, 2.45) is 5.92 Å². The van der Waals surface area contributed by atoms with Crippen LogP contribution >= 0.6 is 11.3 Å². The third-order valence-electron chi connectivity index (χ3n) is 3.17. The van der Waals surface area contributed by atoms with E-state index in [0.29, 0.717) is 12.2 Å². The van der Waals surface area contributed by atoms with Gasteiger partial charge >= 0.3 is 0 Å². The Labute approximate surface area is 101 Å². The minimum absolute atomic E-state index is 0.251. The van der Waals surface area contributed by atoms with E-state index in [0.717, 1.165) is 32.4 Å². The Hall–Kier alpha value is -0.670. The molecule has 3 heteroatoms. The van der Waals surface area contributed by atoms with E-state index >= 15 is 0 Å². The molecule has 0 saturated carbocycles. The Morgan fingerprint density at radius 1 is 1.50 bits per heavy atom. The zero-order valence-electron chi connectivity index (χ0n) is 9.79. The van der Waals surface area contributed by atoms with Crippen molar-refractivity contribution in [3.05, 3.63) is 21.9 Å². The lowest BCUT2D eigenvalue weighted by atomic mass is 9.93. The molecule has 0 aliphatic carbocycles. The van der Waals surface area contributed by atoms with Crippen molar-refractivity contribution in [3.63, 3.8) is 0 Å². The van der Waals surface area contributed by atoms with Gasteiger partial charge < -0.3 is 5.32 Å². The summed E-state index contributed by atoms with van der Waals surface area (Å²) in [4.78, 5) is 14.6. The van der Waals surface area contributed by atoms with Crippen molar-refractivity contribution in [2.45, 2.75) is 32.6 Å². The van der Waals surface area contributed by atoms with Gasteiger partial charge in [0.05, 0.1) is 0 Å². The number of hydrogen-bond donors (Lipinski definition) is 1. The maximum Gasteiger partial charge on any atom is 0.142 e. The maximum atomic E-state index is 12.0. The maximum absolute atomic E-state index is 12.0. The molecule has 88 valence electrons. The summed E-state index contributed by atoms with van der Waals surface area (Å²) in [6.45, 7) is 4.11. The molecule has 1 aromatic heterocycles. The van der Waals surface area contributed by atoms with Crippen LogP contribution in [0, 0.1) is 5.92 Å². The van der Waals surface area contributed by atoms with Gasteiger partial charge in [0.25, 0.3) is 0 Å². The van der Waals surface area contributed by atoms with Crippen LogP contribution in [0.25, 0.3) is 0 Å². The van der Waals surface area contributed by atoms with E-state index in [1.54, 1.807) is 11.3 Å². The van der Waals surface area contributed by atoms with E-state index in [2.05, 4.69) is 24.4 Å². The van der Waals surface area contributed by atoms with Gasteiger partial charge in [0.1, 0.15) is 5.78 Å². The molecule has 1 saturated heterocycles. The minimum Gasteiger partial charge on any atom is -0.316 e. The third kappa shape index (κ3) is 2.92. The van der Waals surface area contributed by atoms with E-state index in [-0.39, 0.29) is 5.92 Å². The summed E-state index contributed by atoms with van der Waals surface area (Å²) in [6, 6.07) is 4.25. The molecule has 1 aliphatic heterocycles. The Bertz CT molecular complexity index is 353. The molecule has 1 fully saturated rings. The molecule has 0 radical (unpaired) electrons. The average Bonchev–Trinajstić information content (AvgIpc) is 2.78. The number of carbonyl (C=O) groups is 1. The summed E-state index contributed by atoms with van der Waals surface area (Å²) in [5.41, 5.74) is 0. The largest absolute Gasteiger partial charge is 0.316 e. The van der Waals surface area contributed by atoms with Crippen LogP contribution in [-0.4, -0.2) is 18.9 Å². The zero-order chi connectivity index (χ0) is 11.4. The molecular weight excluding hydrogens is 218 g/mol. The second-order valence-electron chi connectivity index (χ2n) is 4.41. The van der Waals surface area contributed by atoms with E-state index in [1.807, 2.05) is 0 Å². The first-order chi connectivity index (χ1) is 7.79. The number of Topliss-reactive ketones (excluding diaryl/α,β-unsaturated/α-hetero) is 1. The number of ketones is 1. The van der Waals surface area contributed by atoms with Crippen LogP contribution in [0.5, 0.6) is 0 Å². The lowest BCUT2D eigenvalue weighted by Gasteiger charge is -2.21. The standard InChI is InChI=1S/C13H19NOS/c1-2-11-5-6-12(16-11)8-13(15)10-4-3-7-14-9-10/h5-6,10,14H,2-4,7-9H2,1H3. The summed E-state index contributed by atoms with van der Waals surface area (Å²) in [7, 11) is 0. The number of piperidine rings is 1. The van der Waals surface area contributed by atoms with Crippen molar-refractivity contribution in [3.8, 4) is 0 Å². The second-order valence-corrected chi connectivity index (χ2v) is 5.66. The fourth-order valence-electron chi connectivity index (χ4n) is 2.15. The summed E-state index contributed by atoms with van der Waals surface area (Å²) >= 11 is 1.78. The van der Waals surface area contributed by atoms with Crippen LogP contribution in [0.3, 0.4) is 0 Å². The lowest BCUT2D eigenvalue weighted by Crippen LogP contribution is -2.34. The fourth-order valence-corrected chi connectivity index (χ4v) is 3.12. The smallest absolute Gasteiger partial charge is 0.142 e. The predicted octanol–water partition coefficient (Wildman–Crippen LogP) is 2.42. The summed E-state index contributed by atoms with van der Waals surface area (Å²) < 4.78 is 0. The highest BCUT2D eigenvalue weighted by atomic mass is 32.1. The highest BCUT2D eigenvalue weighted by Gasteiger charge is 2.21. The average molecular weight is 237 g/mol. The number of aryl methyl sites for hydroxylation is 1. The van der Waals surface area contributed by atoms with Crippen LogP contribution < -0.4 is 5.32 Å². The molecule has 2 nitrogen and oxygen atoms in total. The molecule has 1 aliphatic rings.